The summed E-state index contributed by atoms with van der Waals surface area (Å²) in [6, 6.07) is 14.4. The first-order valence-electron chi connectivity index (χ1n) is 7.51. The molecule has 5 nitrogen and oxygen atoms in total. The molecule has 0 bridgehead atoms. The highest BCUT2D eigenvalue weighted by atomic mass is 35.5. The number of aryl methyl sites for hydroxylation is 1. The van der Waals surface area contributed by atoms with Crippen LogP contribution in [-0.2, 0) is 6.54 Å². The van der Waals surface area contributed by atoms with Crippen molar-refractivity contribution in [3.05, 3.63) is 77.3 Å². The van der Waals surface area contributed by atoms with Crippen molar-refractivity contribution in [1.29, 1.82) is 0 Å². The van der Waals surface area contributed by atoms with Gasteiger partial charge in [0.05, 0.1) is 6.54 Å². The molecule has 0 atom stereocenters. The lowest BCUT2D eigenvalue weighted by molar-refractivity contribution is 0.262. The number of hydrogen-bond acceptors (Lipinski definition) is 2. The number of rotatable bonds is 4. The van der Waals surface area contributed by atoms with E-state index in [0.29, 0.717) is 17.3 Å². The van der Waals surface area contributed by atoms with Gasteiger partial charge in [0.25, 0.3) is 0 Å². The van der Waals surface area contributed by atoms with Gasteiger partial charge < -0.3 is 15.2 Å². The maximum Gasteiger partial charge on any atom is 0.323 e. The number of para-hydroxylation sites is 1. The van der Waals surface area contributed by atoms with Gasteiger partial charge in [0, 0.05) is 28.8 Å². The van der Waals surface area contributed by atoms with Crippen LogP contribution in [0.1, 0.15) is 11.4 Å². The van der Waals surface area contributed by atoms with E-state index >= 15 is 0 Å². The number of nitrogens with one attached hydrogen (secondary N) is 2. The molecular formula is C18H17ClN4O. The Hall–Kier alpha value is -2.79. The normalized spacial score (nSPS) is 10.4. The maximum atomic E-state index is 12.0. The molecule has 0 saturated carbocycles. The van der Waals surface area contributed by atoms with Crippen molar-refractivity contribution in [1.82, 2.24) is 9.55 Å². The fourth-order valence-electron chi connectivity index (χ4n) is 2.32. The molecule has 2 aromatic carbocycles. The summed E-state index contributed by atoms with van der Waals surface area (Å²) in [7, 11) is 0. The molecule has 2 amide bonds. The van der Waals surface area contributed by atoms with Gasteiger partial charge in [-0.1, -0.05) is 35.9 Å². The van der Waals surface area contributed by atoms with Crippen molar-refractivity contribution < 1.29 is 4.79 Å². The van der Waals surface area contributed by atoms with Gasteiger partial charge in [-0.3, -0.25) is 0 Å². The average Bonchev–Trinajstić information content (AvgIpc) is 2.96. The molecule has 24 heavy (non-hydrogen) atoms. The van der Waals surface area contributed by atoms with Gasteiger partial charge in [-0.2, -0.15) is 0 Å². The lowest BCUT2D eigenvalue weighted by atomic mass is 10.2. The Bertz CT molecular complexity index is 845. The zero-order chi connectivity index (χ0) is 16.9. The maximum absolute atomic E-state index is 12.0. The number of urea groups is 1. The number of anilines is 2. The molecule has 0 aliphatic carbocycles. The van der Waals surface area contributed by atoms with Crippen molar-refractivity contribution in [2.75, 3.05) is 10.6 Å². The molecule has 2 N–H and O–H groups in total. The van der Waals surface area contributed by atoms with Crippen LogP contribution in [0.2, 0.25) is 5.02 Å². The molecule has 0 fully saturated rings. The Morgan fingerprint density at radius 2 is 1.88 bits per heavy atom. The Morgan fingerprint density at radius 3 is 2.54 bits per heavy atom. The summed E-state index contributed by atoms with van der Waals surface area (Å²) >= 11 is 6.34. The van der Waals surface area contributed by atoms with Crippen LogP contribution < -0.4 is 10.6 Å². The first kappa shape index (κ1) is 16.1. The van der Waals surface area contributed by atoms with E-state index < -0.39 is 0 Å². The molecule has 1 heterocycles. The summed E-state index contributed by atoms with van der Waals surface area (Å²) < 4.78 is 2.01. The fraction of sp³-hybridized carbons (Fsp3) is 0.111. The van der Waals surface area contributed by atoms with Gasteiger partial charge in [0.1, 0.15) is 5.82 Å². The van der Waals surface area contributed by atoms with Crippen molar-refractivity contribution in [3.63, 3.8) is 0 Å². The van der Waals surface area contributed by atoms with Gasteiger partial charge in [0.2, 0.25) is 0 Å². The molecule has 0 aliphatic heterocycles. The summed E-state index contributed by atoms with van der Waals surface area (Å²) in [5.41, 5.74) is 2.33. The molecule has 6 heteroatoms. The molecule has 1 aromatic heterocycles. The molecular weight excluding hydrogens is 324 g/mol. The second-order valence-corrected chi connectivity index (χ2v) is 5.76. The molecule has 0 aliphatic rings. The van der Waals surface area contributed by atoms with Crippen molar-refractivity contribution in [2.24, 2.45) is 0 Å². The van der Waals surface area contributed by atoms with Gasteiger partial charge >= 0.3 is 6.03 Å². The van der Waals surface area contributed by atoms with Crippen LogP contribution in [0.4, 0.5) is 16.2 Å². The minimum Gasteiger partial charge on any atom is -0.331 e. The third kappa shape index (κ3) is 3.94. The highest BCUT2D eigenvalue weighted by molar-refractivity contribution is 6.31. The van der Waals surface area contributed by atoms with Crippen LogP contribution >= 0.6 is 11.6 Å². The zero-order valence-corrected chi connectivity index (χ0v) is 13.9. The number of aromatic nitrogens is 2. The summed E-state index contributed by atoms with van der Waals surface area (Å²) in [6.45, 7) is 2.58. The van der Waals surface area contributed by atoms with E-state index in [4.69, 9.17) is 11.6 Å². The van der Waals surface area contributed by atoms with Gasteiger partial charge in [0.15, 0.2) is 0 Å². The van der Waals surface area contributed by atoms with Crippen LogP contribution in [0, 0.1) is 6.92 Å². The smallest absolute Gasteiger partial charge is 0.323 e. The third-order valence-electron chi connectivity index (χ3n) is 3.61. The minimum atomic E-state index is -0.310. The van der Waals surface area contributed by atoms with Crippen LogP contribution in [0.15, 0.2) is 60.9 Å². The number of halogens is 1. The lowest BCUT2D eigenvalue weighted by Crippen LogP contribution is -2.19. The van der Waals surface area contributed by atoms with Crippen LogP contribution in [0.3, 0.4) is 0 Å². The van der Waals surface area contributed by atoms with E-state index in [-0.39, 0.29) is 6.03 Å². The summed E-state index contributed by atoms with van der Waals surface area (Å²) in [5, 5.41) is 6.14. The predicted molar refractivity (Wildman–Crippen MR) is 96.6 cm³/mol. The minimum absolute atomic E-state index is 0.310. The van der Waals surface area contributed by atoms with E-state index in [1.165, 1.54) is 0 Å². The van der Waals surface area contributed by atoms with Crippen molar-refractivity contribution >= 4 is 29.0 Å². The molecule has 3 rings (SSSR count). The number of amides is 2. The lowest BCUT2D eigenvalue weighted by Gasteiger charge is -2.11. The number of imidazole rings is 1. The van der Waals surface area contributed by atoms with Gasteiger partial charge in [-0.25, -0.2) is 9.78 Å². The number of benzene rings is 2. The fourth-order valence-corrected chi connectivity index (χ4v) is 2.56. The number of nitrogens with zero attached hydrogens (tertiary/aromatic N) is 2. The second kappa shape index (κ2) is 7.19. The predicted octanol–water partition coefficient (Wildman–Crippen LogP) is 4.54. The van der Waals surface area contributed by atoms with Crippen LogP contribution in [0.5, 0.6) is 0 Å². The topological polar surface area (TPSA) is 59.0 Å². The highest BCUT2D eigenvalue weighted by Gasteiger charge is 2.07. The molecule has 0 unspecified atom stereocenters. The Balaban J connectivity index is 1.66. The average molecular weight is 341 g/mol. The van der Waals surface area contributed by atoms with Crippen LogP contribution in [0.25, 0.3) is 0 Å². The van der Waals surface area contributed by atoms with E-state index in [2.05, 4.69) is 15.6 Å². The summed E-state index contributed by atoms with van der Waals surface area (Å²) in [4.78, 5) is 16.2. The van der Waals surface area contributed by atoms with Crippen molar-refractivity contribution in [2.45, 2.75) is 13.5 Å². The molecule has 122 valence electrons. The molecule has 0 saturated heterocycles. The Labute approximate surface area is 145 Å². The monoisotopic (exact) mass is 340 g/mol. The largest absolute Gasteiger partial charge is 0.331 e. The quantitative estimate of drug-likeness (QED) is 0.732. The molecule has 3 aromatic rings. The number of carbonyl (C=O) groups is 1. The summed E-state index contributed by atoms with van der Waals surface area (Å²) in [6.07, 6.45) is 3.66. The SMILES string of the molecule is Cc1nccn1Cc1ccc(NC(=O)Nc2ccccc2)cc1Cl. The van der Waals surface area contributed by atoms with Gasteiger partial charge in [-0.05, 0) is 36.8 Å². The number of carbonyl (C=O) groups excluding carboxylic acids is 1. The third-order valence-corrected chi connectivity index (χ3v) is 3.96. The summed E-state index contributed by atoms with van der Waals surface area (Å²) in [5.74, 6) is 0.926. The number of hydrogen-bond donors (Lipinski definition) is 2. The Morgan fingerprint density at radius 1 is 1.12 bits per heavy atom. The van der Waals surface area contributed by atoms with E-state index in [1.807, 2.05) is 60.2 Å². The molecule has 0 spiro atoms. The van der Waals surface area contributed by atoms with Gasteiger partial charge in [-0.15, -0.1) is 0 Å². The second-order valence-electron chi connectivity index (χ2n) is 5.35. The first-order chi connectivity index (χ1) is 11.6. The standard InChI is InChI=1S/C18H17ClN4O/c1-13-20-9-10-23(13)12-14-7-8-16(11-17(14)19)22-18(24)21-15-5-3-2-4-6-15/h2-11H,12H2,1H3,(H2,21,22,24). The molecule has 0 radical (unpaired) electrons. The van der Waals surface area contributed by atoms with E-state index in [1.54, 1.807) is 12.3 Å². The van der Waals surface area contributed by atoms with Crippen molar-refractivity contribution in [3.8, 4) is 0 Å². The van der Waals surface area contributed by atoms with E-state index in [0.717, 1.165) is 17.1 Å². The zero-order valence-electron chi connectivity index (χ0n) is 13.2. The Kier molecular flexibility index (Phi) is 4.82. The van der Waals surface area contributed by atoms with Crippen LogP contribution in [-0.4, -0.2) is 15.6 Å². The highest BCUT2D eigenvalue weighted by Crippen LogP contribution is 2.22. The van der Waals surface area contributed by atoms with E-state index in [9.17, 15) is 4.79 Å². The first-order valence-corrected chi connectivity index (χ1v) is 7.89.